The second-order valence-corrected chi connectivity index (χ2v) is 8.18. The van der Waals surface area contributed by atoms with Crippen molar-refractivity contribution in [1.29, 1.82) is 0 Å². The van der Waals surface area contributed by atoms with Gasteiger partial charge in [-0.1, -0.05) is 58.9 Å². The van der Waals surface area contributed by atoms with Crippen LogP contribution in [-0.2, 0) is 7.05 Å². The summed E-state index contributed by atoms with van der Waals surface area (Å²) < 4.78 is 2.22. The highest BCUT2D eigenvalue weighted by molar-refractivity contribution is 7.15. The molecule has 0 N–H and O–H groups in total. The summed E-state index contributed by atoms with van der Waals surface area (Å²) in [4.78, 5) is 3.68. The Balaban J connectivity index is 1.71. The SMILES string of the molecule is CCN1/C(=C\c2sc(-c3ccc(C)cc3)c[n+]2C)C=Cc2cc(C)ccc21. The number of hydrogen-bond donors (Lipinski definition) is 0. The first-order valence-electron chi connectivity index (χ1n) is 9.39. The molecule has 0 fully saturated rings. The van der Waals surface area contributed by atoms with Crippen molar-refractivity contribution < 1.29 is 4.57 Å². The fourth-order valence-corrected chi connectivity index (χ4v) is 4.56. The van der Waals surface area contributed by atoms with Gasteiger partial charge in [0.15, 0.2) is 6.20 Å². The Labute approximate surface area is 165 Å². The molecule has 3 heteroatoms. The van der Waals surface area contributed by atoms with Gasteiger partial charge in [-0.05, 0) is 50.1 Å². The number of benzene rings is 2. The summed E-state index contributed by atoms with van der Waals surface area (Å²) in [5.74, 6) is 0. The lowest BCUT2D eigenvalue weighted by molar-refractivity contribution is -0.667. The van der Waals surface area contributed by atoms with E-state index in [-0.39, 0.29) is 0 Å². The molecule has 2 aromatic carbocycles. The predicted molar refractivity (Wildman–Crippen MR) is 117 cm³/mol. The molecule has 0 saturated carbocycles. The second-order valence-electron chi connectivity index (χ2n) is 7.12. The van der Waals surface area contributed by atoms with Crippen molar-refractivity contribution in [2.45, 2.75) is 20.8 Å². The van der Waals surface area contributed by atoms with E-state index >= 15 is 0 Å². The van der Waals surface area contributed by atoms with Crippen LogP contribution in [0.2, 0.25) is 0 Å². The van der Waals surface area contributed by atoms with E-state index in [9.17, 15) is 0 Å². The number of hydrogen-bond acceptors (Lipinski definition) is 2. The fraction of sp³-hybridized carbons (Fsp3) is 0.208. The zero-order valence-electron chi connectivity index (χ0n) is 16.4. The Morgan fingerprint density at radius 3 is 2.48 bits per heavy atom. The van der Waals surface area contributed by atoms with E-state index in [1.165, 1.54) is 43.5 Å². The third kappa shape index (κ3) is 3.47. The molecule has 3 aromatic rings. The number of allylic oxidation sites excluding steroid dienone is 1. The first-order valence-corrected chi connectivity index (χ1v) is 10.2. The Kier molecular flexibility index (Phi) is 4.71. The van der Waals surface area contributed by atoms with Crippen LogP contribution >= 0.6 is 11.3 Å². The molecule has 0 unspecified atom stereocenters. The number of aryl methyl sites for hydroxylation is 3. The third-order valence-corrected chi connectivity index (χ3v) is 6.19. The van der Waals surface area contributed by atoms with Gasteiger partial charge >= 0.3 is 0 Å². The van der Waals surface area contributed by atoms with E-state index in [2.05, 4.69) is 104 Å². The molecule has 27 heavy (non-hydrogen) atoms. The first kappa shape index (κ1) is 17.7. The summed E-state index contributed by atoms with van der Waals surface area (Å²) in [6.07, 6.45) is 8.98. The molecule has 0 atom stereocenters. The summed E-state index contributed by atoms with van der Waals surface area (Å²) in [6, 6.07) is 15.4. The molecular weight excluding hydrogens is 348 g/mol. The predicted octanol–water partition coefficient (Wildman–Crippen LogP) is 5.75. The van der Waals surface area contributed by atoms with Crippen molar-refractivity contribution in [2.24, 2.45) is 7.05 Å². The van der Waals surface area contributed by atoms with Crippen LogP contribution in [0.3, 0.4) is 0 Å². The highest BCUT2D eigenvalue weighted by Crippen LogP contribution is 2.33. The molecule has 136 valence electrons. The molecule has 4 rings (SSSR count). The Morgan fingerprint density at radius 2 is 1.74 bits per heavy atom. The van der Waals surface area contributed by atoms with Crippen LogP contribution in [-0.4, -0.2) is 6.54 Å². The van der Waals surface area contributed by atoms with E-state index in [0.29, 0.717) is 0 Å². The number of aromatic nitrogens is 1. The quantitative estimate of drug-likeness (QED) is 0.530. The largest absolute Gasteiger partial charge is 0.341 e. The van der Waals surface area contributed by atoms with E-state index in [1.807, 2.05) is 11.3 Å². The highest BCUT2D eigenvalue weighted by atomic mass is 32.1. The van der Waals surface area contributed by atoms with E-state index in [1.54, 1.807) is 0 Å². The number of fused-ring (bicyclic) bond motifs is 1. The number of rotatable bonds is 3. The van der Waals surface area contributed by atoms with E-state index < -0.39 is 0 Å². The number of likely N-dealkylation sites (N-methyl/N-ethyl adjacent to an activating group) is 1. The average Bonchev–Trinajstić information content (AvgIpc) is 3.02. The number of thiazole rings is 1. The van der Waals surface area contributed by atoms with Crippen LogP contribution in [0.4, 0.5) is 5.69 Å². The smallest absolute Gasteiger partial charge is 0.264 e. The Morgan fingerprint density at radius 1 is 1.00 bits per heavy atom. The summed E-state index contributed by atoms with van der Waals surface area (Å²) in [6.45, 7) is 7.44. The number of anilines is 1. The summed E-state index contributed by atoms with van der Waals surface area (Å²) in [7, 11) is 2.13. The van der Waals surface area contributed by atoms with Gasteiger partial charge < -0.3 is 4.90 Å². The number of nitrogens with zero attached hydrogens (tertiary/aromatic N) is 2. The van der Waals surface area contributed by atoms with Gasteiger partial charge in [0.05, 0.1) is 0 Å². The third-order valence-electron chi connectivity index (χ3n) is 5.02. The van der Waals surface area contributed by atoms with Gasteiger partial charge in [-0.3, -0.25) is 0 Å². The maximum absolute atomic E-state index is 2.39. The zero-order valence-corrected chi connectivity index (χ0v) is 17.2. The van der Waals surface area contributed by atoms with E-state index in [0.717, 1.165) is 6.54 Å². The minimum absolute atomic E-state index is 0.951. The summed E-state index contributed by atoms with van der Waals surface area (Å²) >= 11 is 1.83. The van der Waals surface area contributed by atoms with Crippen molar-refractivity contribution in [2.75, 3.05) is 11.4 Å². The molecule has 0 spiro atoms. The maximum Gasteiger partial charge on any atom is 0.264 e. The molecule has 1 aliphatic heterocycles. The van der Waals surface area contributed by atoms with Crippen molar-refractivity contribution >= 4 is 29.2 Å². The minimum atomic E-state index is 0.951. The second kappa shape index (κ2) is 7.16. The molecule has 0 radical (unpaired) electrons. The van der Waals surface area contributed by atoms with Crippen LogP contribution in [0.5, 0.6) is 0 Å². The molecule has 0 saturated heterocycles. The lowest BCUT2D eigenvalue weighted by Crippen LogP contribution is -2.29. The van der Waals surface area contributed by atoms with E-state index in [4.69, 9.17) is 0 Å². The van der Waals surface area contributed by atoms with Crippen molar-refractivity contribution in [3.63, 3.8) is 0 Å². The topological polar surface area (TPSA) is 7.12 Å². The molecular formula is C24H25N2S+. The minimum Gasteiger partial charge on any atom is -0.341 e. The molecule has 0 aliphatic carbocycles. The normalized spacial score (nSPS) is 14.7. The van der Waals surface area contributed by atoms with Crippen LogP contribution in [0.15, 0.2) is 60.4 Å². The van der Waals surface area contributed by atoms with Crippen LogP contribution in [0.1, 0.15) is 28.6 Å². The molecule has 2 nitrogen and oxygen atoms in total. The Bertz CT molecular complexity index is 1040. The van der Waals surface area contributed by atoms with Gasteiger partial charge in [-0.2, -0.15) is 4.57 Å². The van der Waals surface area contributed by atoms with Crippen molar-refractivity contribution in [1.82, 2.24) is 0 Å². The molecule has 2 heterocycles. The lowest BCUT2D eigenvalue weighted by Gasteiger charge is -2.29. The summed E-state index contributed by atoms with van der Waals surface area (Å²) in [5.41, 5.74) is 7.69. The molecule has 0 bridgehead atoms. The van der Waals surface area contributed by atoms with Crippen molar-refractivity contribution in [3.8, 4) is 10.4 Å². The maximum atomic E-state index is 2.39. The van der Waals surface area contributed by atoms with Gasteiger partial charge in [-0.15, -0.1) is 0 Å². The van der Waals surface area contributed by atoms with Crippen LogP contribution in [0.25, 0.3) is 22.6 Å². The average molecular weight is 374 g/mol. The standard InChI is InChI=1S/C24H25N2S/c1-5-26-21(12-11-20-14-18(3)8-13-22(20)26)15-24-25(4)16-23(27-24)19-9-6-17(2)7-10-19/h6-16H,5H2,1-4H3/q+1. The molecule has 0 amide bonds. The lowest BCUT2D eigenvalue weighted by atomic mass is 10.0. The van der Waals surface area contributed by atoms with Gasteiger partial charge in [0.25, 0.3) is 5.01 Å². The van der Waals surface area contributed by atoms with Crippen LogP contribution in [0, 0.1) is 13.8 Å². The van der Waals surface area contributed by atoms with Gasteiger partial charge in [0, 0.05) is 24.0 Å². The van der Waals surface area contributed by atoms with Crippen LogP contribution < -0.4 is 9.47 Å². The van der Waals surface area contributed by atoms with Gasteiger partial charge in [0.1, 0.15) is 11.9 Å². The fourth-order valence-electron chi connectivity index (χ4n) is 3.50. The monoisotopic (exact) mass is 373 g/mol. The van der Waals surface area contributed by atoms with Gasteiger partial charge in [0.2, 0.25) is 0 Å². The Hall–Kier alpha value is -2.65. The van der Waals surface area contributed by atoms with Crippen molar-refractivity contribution in [3.05, 3.63) is 82.1 Å². The zero-order chi connectivity index (χ0) is 19.0. The highest BCUT2D eigenvalue weighted by Gasteiger charge is 2.19. The summed E-state index contributed by atoms with van der Waals surface area (Å²) in [5, 5.41) is 1.25. The molecule has 1 aromatic heterocycles. The molecule has 1 aliphatic rings. The van der Waals surface area contributed by atoms with Gasteiger partial charge in [-0.25, -0.2) is 0 Å². The first-order chi connectivity index (χ1) is 13.0.